The summed E-state index contributed by atoms with van der Waals surface area (Å²) in [6.45, 7) is 0.985. The van der Waals surface area contributed by atoms with E-state index in [4.69, 9.17) is 0 Å². The van der Waals surface area contributed by atoms with Crippen molar-refractivity contribution >= 4 is 10.0 Å². The zero-order valence-electron chi connectivity index (χ0n) is 14.2. The Morgan fingerprint density at radius 2 is 1.77 bits per heavy atom. The standard InChI is InChI=1S/C19H20FN3O2S/c20-18-9-7-16(8-10-18)15-26(24,25)22-11-4-13-23-14-12-21-19(23)17-5-2-1-3-6-17/h1-3,5-10,12,14,22H,4,11,13,15H2. The van der Waals surface area contributed by atoms with E-state index >= 15 is 0 Å². The zero-order valence-corrected chi connectivity index (χ0v) is 15.0. The van der Waals surface area contributed by atoms with Crippen molar-refractivity contribution in [2.24, 2.45) is 0 Å². The van der Waals surface area contributed by atoms with Crippen LogP contribution in [0.3, 0.4) is 0 Å². The molecule has 3 rings (SSSR count). The van der Waals surface area contributed by atoms with Crippen LogP contribution in [0, 0.1) is 5.82 Å². The molecule has 5 nitrogen and oxygen atoms in total. The molecule has 26 heavy (non-hydrogen) atoms. The highest BCUT2D eigenvalue weighted by atomic mass is 32.2. The summed E-state index contributed by atoms with van der Waals surface area (Å²) < 4.78 is 41.7. The average molecular weight is 373 g/mol. The molecule has 0 bridgehead atoms. The average Bonchev–Trinajstić information content (AvgIpc) is 3.10. The van der Waals surface area contributed by atoms with E-state index < -0.39 is 10.0 Å². The number of hydrogen-bond acceptors (Lipinski definition) is 3. The van der Waals surface area contributed by atoms with Gasteiger partial charge in [0.25, 0.3) is 0 Å². The summed E-state index contributed by atoms with van der Waals surface area (Å²) in [7, 11) is -3.45. The number of sulfonamides is 1. The van der Waals surface area contributed by atoms with Crippen molar-refractivity contribution in [3.05, 3.63) is 78.4 Å². The van der Waals surface area contributed by atoms with Gasteiger partial charge in [-0.05, 0) is 24.1 Å². The summed E-state index contributed by atoms with van der Waals surface area (Å²) in [4.78, 5) is 4.37. The molecule has 0 amide bonds. The van der Waals surface area contributed by atoms with Gasteiger partial charge >= 0.3 is 0 Å². The minimum absolute atomic E-state index is 0.159. The smallest absolute Gasteiger partial charge is 0.215 e. The highest BCUT2D eigenvalue weighted by Gasteiger charge is 2.11. The van der Waals surface area contributed by atoms with E-state index in [9.17, 15) is 12.8 Å². The molecule has 0 aliphatic carbocycles. The van der Waals surface area contributed by atoms with Gasteiger partial charge in [-0.1, -0.05) is 42.5 Å². The summed E-state index contributed by atoms with van der Waals surface area (Å²) in [5, 5.41) is 0. The first-order valence-corrected chi connectivity index (χ1v) is 9.97. The van der Waals surface area contributed by atoms with Gasteiger partial charge in [0.05, 0.1) is 5.75 Å². The Hall–Kier alpha value is -2.51. The maximum atomic E-state index is 12.9. The van der Waals surface area contributed by atoms with Gasteiger partial charge in [0.2, 0.25) is 10.0 Å². The lowest BCUT2D eigenvalue weighted by Gasteiger charge is -2.09. The zero-order chi connectivity index (χ0) is 18.4. The van der Waals surface area contributed by atoms with E-state index in [1.54, 1.807) is 6.20 Å². The lowest BCUT2D eigenvalue weighted by Crippen LogP contribution is -2.26. The van der Waals surface area contributed by atoms with Crippen LogP contribution in [0.1, 0.15) is 12.0 Å². The number of aryl methyl sites for hydroxylation is 1. The fourth-order valence-electron chi connectivity index (χ4n) is 2.67. The van der Waals surface area contributed by atoms with Gasteiger partial charge < -0.3 is 4.57 Å². The molecule has 1 N–H and O–H groups in total. The molecule has 7 heteroatoms. The molecule has 136 valence electrons. The number of imidazole rings is 1. The van der Waals surface area contributed by atoms with Crippen LogP contribution in [0.25, 0.3) is 11.4 Å². The second-order valence-electron chi connectivity index (χ2n) is 5.94. The van der Waals surface area contributed by atoms with Crippen molar-refractivity contribution < 1.29 is 12.8 Å². The largest absolute Gasteiger partial charge is 0.331 e. The van der Waals surface area contributed by atoms with Crippen molar-refractivity contribution in [3.8, 4) is 11.4 Å². The van der Waals surface area contributed by atoms with E-state index in [1.165, 1.54) is 24.3 Å². The number of nitrogens with zero attached hydrogens (tertiary/aromatic N) is 2. The Labute approximate surface area is 152 Å². The SMILES string of the molecule is O=S(=O)(Cc1ccc(F)cc1)NCCCn1ccnc1-c1ccccc1. The van der Waals surface area contributed by atoms with Crippen LogP contribution in [0.4, 0.5) is 4.39 Å². The molecule has 2 aromatic carbocycles. The lowest BCUT2D eigenvalue weighted by atomic mass is 10.2. The van der Waals surface area contributed by atoms with Crippen molar-refractivity contribution in [3.63, 3.8) is 0 Å². The van der Waals surface area contributed by atoms with Gasteiger partial charge in [0.15, 0.2) is 0 Å². The monoisotopic (exact) mass is 373 g/mol. The number of benzene rings is 2. The highest BCUT2D eigenvalue weighted by molar-refractivity contribution is 7.88. The van der Waals surface area contributed by atoms with Gasteiger partial charge in [-0.25, -0.2) is 22.5 Å². The van der Waals surface area contributed by atoms with Crippen molar-refractivity contribution in [1.29, 1.82) is 0 Å². The number of rotatable bonds is 8. The molecule has 0 radical (unpaired) electrons. The van der Waals surface area contributed by atoms with Crippen LogP contribution < -0.4 is 4.72 Å². The minimum Gasteiger partial charge on any atom is -0.331 e. The molecule has 0 saturated carbocycles. The van der Waals surface area contributed by atoms with Gasteiger partial charge in [0, 0.05) is 31.0 Å². The first-order valence-electron chi connectivity index (χ1n) is 8.32. The molecular weight excluding hydrogens is 353 g/mol. The fourth-order valence-corrected chi connectivity index (χ4v) is 3.85. The van der Waals surface area contributed by atoms with E-state index in [2.05, 4.69) is 9.71 Å². The van der Waals surface area contributed by atoms with Crippen molar-refractivity contribution in [2.75, 3.05) is 6.54 Å². The molecular formula is C19H20FN3O2S. The molecule has 0 unspecified atom stereocenters. The topological polar surface area (TPSA) is 64.0 Å². The highest BCUT2D eigenvalue weighted by Crippen LogP contribution is 2.16. The molecule has 0 atom stereocenters. The Bertz CT molecular complexity index is 938. The number of aromatic nitrogens is 2. The summed E-state index contributed by atoms with van der Waals surface area (Å²) in [5.41, 5.74) is 1.58. The lowest BCUT2D eigenvalue weighted by molar-refractivity contribution is 0.569. The summed E-state index contributed by atoms with van der Waals surface area (Å²) in [6.07, 6.45) is 4.26. The Kier molecular flexibility index (Phi) is 5.80. The molecule has 0 aliphatic rings. The number of halogens is 1. The second kappa shape index (κ2) is 8.25. The van der Waals surface area contributed by atoms with Gasteiger partial charge in [-0.15, -0.1) is 0 Å². The summed E-state index contributed by atoms with van der Waals surface area (Å²) >= 11 is 0. The first-order chi connectivity index (χ1) is 12.5. The maximum absolute atomic E-state index is 12.9. The third kappa shape index (κ3) is 5.00. The number of hydrogen-bond donors (Lipinski definition) is 1. The normalized spacial score (nSPS) is 11.6. The van der Waals surface area contributed by atoms with Crippen LogP contribution in [0.2, 0.25) is 0 Å². The van der Waals surface area contributed by atoms with Crippen LogP contribution in [-0.4, -0.2) is 24.5 Å². The summed E-state index contributed by atoms with van der Waals surface area (Å²) in [6, 6.07) is 15.3. The molecule has 0 fully saturated rings. The second-order valence-corrected chi connectivity index (χ2v) is 7.75. The fraction of sp³-hybridized carbons (Fsp3) is 0.211. The maximum Gasteiger partial charge on any atom is 0.215 e. The van der Waals surface area contributed by atoms with Crippen LogP contribution in [0.5, 0.6) is 0 Å². The Morgan fingerprint density at radius 3 is 2.50 bits per heavy atom. The molecule has 1 aromatic heterocycles. The van der Waals surface area contributed by atoms with Crippen LogP contribution in [-0.2, 0) is 22.3 Å². The van der Waals surface area contributed by atoms with E-state index in [0.717, 1.165) is 11.4 Å². The minimum atomic E-state index is -3.45. The summed E-state index contributed by atoms with van der Waals surface area (Å²) in [5.74, 6) is 0.321. The predicted octanol–water partition coefficient (Wildman–Crippen LogP) is 3.20. The molecule has 1 heterocycles. The van der Waals surface area contributed by atoms with Gasteiger partial charge in [-0.3, -0.25) is 0 Å². The van der Waals surface area contributed by atoms with E-state index in [-0.39, 0.29) is 11.6 Å². The third-order valence-electron chi connectivity index (χ3n) is 3.92. The van der Waals surface area contributed by atoms with Gasteiger partial charge in [-0.2, -0.15) is 0 Å². The Balaban J connectivity index is 1.51. The first kappa shape index (κ1) is 18.3. The predicted molar refractivity (Wildman–Crippen MR) is 99.3 cm³/mol. The van der Waals surface area contributed by atoms with E-state index in [0.29, 0.717) is 25.1 Å². The number of nitrogens with one attached hydrogen (secondary N) is 1. The van der Waals surface area contributed by atoms with Crippen molar-refractivity contribution in [1.82, 2.24) is 14.3 Å². The molecule has 3 aromatic rings. The van der Waals surface area contributed by atoms with Crippen LogP contribution in [0.15, 0.2) is 67.0 Å². The third-order valence-corrected chi connectivity index (χ3v) is 5.27. The molecule has 0 aliphatic heterocycles. The van der Waals surface area contributed by atoms with Gasteiger partial charge in [0.1, 0.15) is 11.6 Å². The quantitative estimate of drug-likeness (QED) is 0.617. The molecule has 0 saturated heterocycles. The van der Waals surface area contributed by atoms with Crippen molar-refractivity contribution in [2.45, 2.75) is 18.7 Å². The Morgan fingerprint density at radius 1 is 1.04 bits per heavy atom. The molecule has 0 spiro atoms. The van der Waals surface area contributed by atoms with E-state index in [1.807, 2.05) is 41.1 Å². The van der Waals surface area contributed by atoms with Crippen LogP contribution >= 0.6 is 0 Å².